The van der Waals surface area contributed by atoms with Crippen LogP contribution in [-0.2, 0) is 14.3 Å². The molecule has 2 aromatic carbocycles. The van der Waals surface area contributed by atoms with E-state index in [2.05, 4.69) is 20.3 Å². The normalized spacial score (nSPS) is 16.6. The molecule has 3 atom stereocenters. The fourth-order valence-corrected chi connectivity index (χ4v) is 5.23. The lowest BCUT2D eigenvalue weighted by Gasteiger charge is -2.33. The van der Waals surface area contributed by atoms with Crippen molar-refractivity contribution in [1.82, 2.24) is 25.2 Å². The average molecular weight is 611 g/mol. The van der Waals surface area contributed by atoms with E-state index in [1.165, 1.54) is 30.3 Å². The molecule has 232 valence electrons. The summed E-state index contributed by atoms with van der Waals surface area (Å²) in [5.74, 6) is -2.69. The SMILES string of the molecule is Nc1c(-c2nc3ccc(C(=O)NCC[C@@H](O)C[C@@H](O)CC(=O)N4CCOCC4C(=O)O)cc3[nH]2)c(=O)[nH]c2cccc(F)c12. The topological polar surface area (TPSA) is 224 Å². The Hall–Kier alpha value is -4.86. The Morgan fingerprint density at radius 1 is 1.16 bits per heavy atom. The Labute approximate surface area is 248 Å². The molecule has 0 bridgehead atoms. The summed E-state index contributed by atoms with van der Waals surface area (Å²) >= 11 is 0. The van der Waals surface area contributed by atoms with E-state index in [1.54, 1.807) is 6.07 Å². The lowest BCUT2D eigenvalue weighted by Crippen LogP contribution is -2.53. The monoisotopic (exact) mass is 610 g/mol. The highest BCUT2D eigenvalue weighted by molar-refractivity contribution is 6.00. The van der Waals surface area contributed by atoms with Crippen LogP contribution < -0.4 is 16.6 Å². The molecule has 8 N–H and O–H groups in total. The molecule has 14 nitrogen and oxygen atoms in total. The quantitative estimate of drug-likeness (QED) is 0.133. The Kier molecular flexibility index (Phi) is 8.89. The zero-order valence-electron chi connectivity index (χ0n) is 23.4. The number of amides is 2. The lowest BCUT2D eigenvalue weighted by molar-refractivity contribution is -0.159. The molecule has 0 radical (unpaired) electrons. The van der Waals surface area contributed by atoms with Crippen molar-refractivity contribution < 1.29 is 38.8 Å². The van der Waals surface area contributed by atoms with Gasteiger partial charge in [0.25, 0.3) is 11.5 Å². The second-order valence-corrected chi connectivity index (χ2v) is 10.5. The number of imidazole rings is 1. The van der Waals surface area contributed by atoms with Crippen molar-refractivity contribution in [2.45, 2.75) is 37.5 Å². The number of carbonyl (C=O) groups is 3. The number of fused-ring (bicyclic) bond motifs is 2. The number of anilines is 1. The number of pyridine rings is 1. The van der Waals surface area contributed by atoms with E-state index >= 15 is 0 Å². The number of aliphatic hydroxyl groups is 2. The first-order valence-electron chi connectivity index (χ1n) is 13.9. The van der Waals surface area contributed by atoms with E-state index in [0.29, 0.717) is 11.0 Å². The second kappa shape index (κ2) is 12.8. The molecular weight excluding hydrogens is 579 g/mol. The molecule has 15 heteroatoms. The number of hydrogen-bond acceptors (Lipinski definition) is 9. The highest BCUT2D eigenvalue weighted by atomic mass is 19.1. The van der Waals surface area contributed by atoms with E-state index in [-0.39, 0.29) is 79.1 Å². The fourth-order valence-electron chi connectivity index (χ4n) is 5.23. The highest BCUT2D eigenvalue weighted by Gasteiger charge is 2.33. The van der Waals surface area contributed by atoms with Gasteiger partial charge in [0.2, 0.25) is 5.91 Å². The number of nitrogens with zero attached hydrogens (tertiary/aromatic N) is 2. The zero-order valence-corrected chi connectivity index (χ0v) is 23.4. The van der Waals surface area contributed by atoms with E-state index < -0.39 is 47.4 Å². The van der Waals surface area contributed by atoms with E-state index in [9.17, 15) is 38.9 Å². The molecule has 44 heavy (non-hydrogen) atoms. The molecule has 1 saturated heterocycles. The number of ether oxygens (including phenoxy) is 1. The van der Waals surface area contributed by atoms with Gasteiger partial charge in [0, 0.05) is 18.7 Å². The van der Waals surface area contributed by atoms with Gasteiger partial charge in [0.1, 0.15) is 17.2 Å². The summed E-state index contributed by atoms with van der Waals surface area (Å²) in [6, 6.07) is 7.72. The van der Waals surface area contributed by atoms with Crippen molar-refractivity contribution in [3.8, 4) is 11.4 Å². The average Bonchev–Trinajstić information content (AvgIpc) is 3.39. The van der Waals surface area contributed by atoms with Crippen LogP contribution in [0, 0.1) is 5.82 Å². The third kappa shape index (κ3) is 6.39. The molecule has 0 aliphatic carbocycles. The zero-order chi connectivity index (χ0) is 31.5. The first kappa shape index (κ1) is 30.6. The number of rotatable bonds is 10. The van der Waals surface area contributed by atoms with Gasteiger partial charge in [0.05, 0.1) is 59.5 Å². The Balaban J connectivity index is 1.17. The van der Waals surface area contributed by atoms with Crippen LogP contribution in [0.25, 0.3) is 33.3 Å². The number of aliphatic carboxylic acids is 1. The molecule has 0 saturated carbocycles. The van der Waals surface area contributed by atoms with Crippen LogP contribution in [0.5, 0.6) is 0 Å². The highest BCUT2D eigenvalue weighted by Crippen LogP contribution is 2.30. The molecule has 5 rings (SSSR count). The number of carboxylic acid groups (broad SMARTS) is 1. The third-order valence-electron chi connectivity index (χ3n) is 7.46. The van der Waals surface area contributed by atoms with Crippen LogP contribution in [0.1, 0.15) is 29.6 Å². The van der Waals surface area contributed by atoms with Gasteiger partial charge in [-0.15, -0.1) is 0 Å². The summed E-state index contributed by atoms with van der Waals surface area (Å²) in [6.07, 6.45) is -2.66. The summed E-state index contributed by atoms with van der Waals surface area (Å²) in [5.41, 5.74) is 6.89. The minimum absolute atomic E-state index is 0.0330. The first-order chi connectivity index (χ1) is 21.0. The van der Waals surface area contributed by atoms with Gasteiger partial charge < -0.3 is 46.0 Å². The van der Waals surface area contributed by atoms with Crippen molar-refractivity contribution in [2.24, 2.45) is 0 Å². The van der Waals surface area contributed by atoms with Crippen LogP contribution in [-0.4, -0.2) is 97.5 Å². The van der Waals surface area contributed by atoms with Gasteiger partial charge in [-0.3, -0.25) is 14.4 Å². The van der Waals surface area contributed by atoms with Gasteiger partial charge >= 0.3 is 5.97 Å². The molecule has 4 aromatic rings. The van der Waals surface area contributed by atoms with Gasteiger partial charge in [-0.1, -0.05) is 6.07 Å². The summed E-state index contributed by atoms with van der Waals surface area (Å²) in [4.78, 5) is 60.5. The number of aromatic nitrogens is 3. The van der Waals surface area contributed by atoms with Crippen LogP contribution in [0.2, 0.25) is 0 Å². The number of nitrogens with two attached hydrogens (primary N) is 1. The molecule has 1 fully saturated rings. The maximum absolute atomic E-state index is 14.4. The van der Waals surface area contributed by atoms with Crippen molar-refractivity contribution in [2.75, 3.05) is 32.0 Å². The number of nitrogens with one attached hydrogen (secondary N) is 3. The molecule has 3 heterocycles. The van der Waals surface area contributed by atoms with Gasteiger partial charge in [-0.2, -0.15) is 0 Å². The number of morpholine rings is 1. The molecule has 1 unspecified atom stereocenters. The molecule has 1 aliphatic rings. The summed E-state index contributed by atoms with van der Waals surface area (Å²) in [7, 11) is 0. The predicted molar refractivity (Wildman–Crippen MR) is 156 cm³/mol. The van der Waals surface area contributed by atoms with Gasteiger partial charge in [-0.05, 0) is 43.2 Å². The van der Waals surface area contributed by atoms with Crippen LogP contribution in [0.15, 0.2) is 41.2 Å². The summed E-state index contributed by atoms with van der Waals surface area (Å²) in [5, 5.41) is 32.6. The lowest BCUT2D eigenvalue weighted by atomic mass is 10.0. The van der Waals surface area contributed by atoms with E-state index in [4.69, 9.17) is 10.5 Å². The molecule has 1 aliphatic heterocycles. The maximum atomic E-state index is 14.4. The minimum atomic E-state index is -1.21. The van der Waals surface area contributed by atoms with Crippen LogP contribution >= 0.6 is 0 Å². The summed E-state index contributed by atoms with van der Waals surface area (Å²) in [6.45, 7) is 0.223. The number of carboxylic acids is 1. The standard InChI is InChI=1S/C29H31FN6O8/c30-17-2-1-3-19-23(17)25(31)24(28(41)35-19)26-33-18-5-4-14(10-20(18)34-26)27(40)32-7-6-15(37)11-16(38)12-22(39)36-8-9-44-13-21(36)29(42)43/h1-5,10,15-16,21,37-38H,6-9,11-13H2,(H,32,40)(H,33,34)(H,42,43)(H3,31,35,41)/t15-,16-,21?/m1/s1. The Bertz CT molecular complexity index is 1790. The largest absolute Gasteiger partial charge is 0.480 e. The van der Waals surface area contributed by atoms with Crippen molar-refractivity contribution >= 4 is 45.4 Å². The minimum Gasteiger partial charge on any atom is -0.480 e. The number of H-pyrrole nitrogens is 2. The Morgan fingerprint density at radius 2 is 1.95 bits per heavy atom. The number of nitrogen functional groups attached to an aromatic ring is 1. The first-order valence-corrected chi connectivity index (χ1v) is 13.9. The predicted octanol–water partition coefficient (Wildman–Crippen LogP) is 0.727. The molecule has 0 spiro atoms. The summed E-state index contributed by atoms with van der Waals surface area (Å²) < 4.78 is 19.6. The fraction of sp³-hybridized carbons (Fsp3) is 0.345. The van der Waals surface area contributed by atoms with Crippen LogP contribution in [0.4, 0.5) is 10.1 Å². The van der Waals surface area contributed by atoms with Crippen molar-refractivity contribution in [3.05, 3.63) is 58.1 Å². The number of aliphatic hydroxyl groups excluding tert-OH is 2. The number of hydrogen-bond donors (Lipinski definition) is 7. The molecule has 2 aromatic heterocycles. The number of halogens is 1. The Morgan fingerprint density at radius 3 is 2.73 bits per heavy atom. The van der Waals surface area contributed by atoms with Crippen LogP contribution in [0.3, 0.4) is 0 Å². The number of carbonyl (C=O) groups excluding carboxylic acids is 2. The molecular formula is C29H31FN6O8. The third-order valence-corrected chi connectivity index (χ3v) is 7.46. The number of aromatic amines is 2. The van der Waals surface area contributed by atoms with Crippen molar-refractivity contribution in [1.29, 1.82) is 0 Å². The maximum Gasteiger partial charge on any atom is 0.328 e. The number of benzene rings is 2. The smallest absolute Gasteiger partial charge is 0.328 e. The van der Waals surface area contributed by atoms with Gasteiger partial charge in [0.15, 0.2) is 6.04 Å². The van der Waals surface area contributed by atoms with Crippen molar-refractivity contribution in [3.63, 3.8) is 0 Å². The van der Waals surface area contributed by atoms with E-state index in [1.807, 2.05) is 0 Å². The second-order valence-electron chi connectivity index (χ2n) is 10.5. The molecule has 2 amide bonds. The van der Waals surface area contributed by atoms with Gasteiger partial charge in [-0.25, -0.2) is 14.2 Å². The van der Waals surface area contributed by atoms with E-state index in [0.717, 1.165) is 4.90 Å².